The predicted molar refractivity (Wildman–Crippen MR) is 166 cm³/mol. The van der Waals surface area contributed by atoms with Gasteiger partial charge in [-0.05, 0) is 41.9 Å². The zero-order valence-electron chi connectivity index (χ0n) is 26.1. The minimum atomic E-state index is -1.06. The third-order valence-corrected chi connectivity index (χ3v) is 10.1. The second-order valence-corrected chi connectivity index (χ2v) is 14.3. The molecule has 0 radical (unpaired) electrons. The normalized spacial score (nSPS) is 22.1. The average Bonchev–Trinajstić information content (AvgIpc) is 3.58. The van der Waals surface area contributed by atoms with Gasteiger partial charge in [-0.1, -0.05) is 60.8 Å². The number of ketones is 1. The van der Waals surface area contributed by atoms with Crippen molar-refractivity contribution in [3.63, 3.8) is 0 Å². The van der Waals surface area contributed by atoms with Crippen LogP contribution in [0.1, 0.15) is 80.1 Å². The summed E-state index contributed by atoms with van der Waals surface area (Å²) < 4.78 is 0. The topological polar surface area (TPSA) is 160 Å². The lowest BCUT2D eigenvalue weighted by Gasteiger charge is -2.37. The van der Waals surface area contributed by atoms with Gasteiger partial charge in [0.15, 0.2) is 5.13 Å². The number of likely N-dealkylation sites (tertiary alicyclic amines) is 1. The second-order valence-electron chi connectivity index (χ2n) is 13.5. The van der Waals surface area contributed by atoms with Crippen LogP contribution in [0, 0.1) is 22.7 Å². The molecular weight excluding hydrogens is 566 g/mol. The van der Waals surface area contributed by atoms with Crippen LogP contribution in [0.5, 0.6) is 0 Å². The Labute approximate surface area is 257 Å². The van der Waals surface area contributed by atoms with Crippen molar-refractivity contribution in [3.8, 4) is 11.4 Å². The summed E-state index contributed by atoms with van der Waals surface area (Å²) in [6.45, 7) is 12.6. The van der Waals surface area contributed by atoms with Gasteiger partial charge in [0.25, 0.3) is 5.91 Å². The van der Waals surface area contributed by atoms with Crippen LogP contribution in [0.3, 0.4) is 0 Å². The quantitative estimate of drug-likeness (QED) is 0.306. The molecule has 1 unspecified atom stereocenters. The Hall–Kier alpha value is -3.41. The summed E-state index contributed by atoms with van der Waals surface area (Å²) in [4.78, 5) is 67.8. The lowest BCUT2D eigenvalue weighted by molar-refractivity contribution is -0.142. The Morgan fingerprint density at radius 2 is 1.88 bits per heavy atom. The number of carbonyl (C=O) groups excluding carboxylic acids is 4. The van der Waals surface area contributed by atoms with E-state index in [1.807, 2.05) is 26.2 Å². The summed E-state index contributed by atoms with van der Waals surface area (Å²) in [5.74, 6) is -2.02. The molecule has 1 saturated heterocycles. The second kappa shape index (κ2) is 13.1. The molecule has 12 heteroatoms. The molecule has 2 fully saturated rings. The number of nitrogens with two attached hydrogens (primary N) is 1. The highest BCUT2D eigenvalue weighted by molar-refractivity contribution is 7.14. The first-order chi connectivity index (χ1) is 20.3. The van der Waals surface area contributed by atoms with Crippen LogP contribution < -0.4 is 16.4 Å². The maximum Gasteiger partial charge on any atom is 0.287 e. The van der Waals surface area contributed by atoms with Crippen LogP contribution >= 0.6 is 11.3 Å². The van der Waals surface area contributed by atoms with Crippen molar-refractivity contribution in [2.45, 2.75) is 98.2 Å². The van der Waals surface area contributed by atoms with Gasteiger partial charge >= 0.3 is 0 Å². The van der Waals surface area contributed by atoms with E-state index < -0.39 is 41.1 Å². The number of aromatic nitrogens is 3. The number of Topliss-reactive ketones (excluding diaryl/α,β-unsaturated/α-hetero) is 1. The molecule has 2 aromatic rings. The summed E-state index contributed by atoms with van der Waals surface area (Å²) in [7, 11) is 0. The standard InChI is InChI=1S/C31H45N7O4S/c1-7-31(18(2)3)14-23(27(41)35-20(24(39)26(32)40)13-19-9-8-10-19)38(17-31)28(42)25(30(4,5)6)37-29-36-22(16-43-29)21-15-33-11-12-34-21/h11-12,15-16,18-20,23,25H,7-10,13-14,17H2,1-6H3,(H2,32,40)(H,35,41)(H,36,37)/t20?,23-,25+,31-/m0/s1. The molecule has 3 heterocycles. The molecule has 0 aromatic carbocycles. The number of primary amides is 1. The van der Waals surface area contributed by atoms with Gasteiger partial charge in [-0.2, -0.15) is 0 Å². The zero-order valence-corrected chi connectivity index (χ0v) is 26.9. The van der Waals surface area contributed by atoms with E-state index in [0.29, 0.717) is 35.9 Å². The van der Waals surface area contributed by atoms with Crippen LogP contribution in [0.2, 0.25) is 0 Å². The number of nitrogens with zero attached hydrogens (tertiary/aromatic N) is 4. The number of nitrogens with one attached hydrogen (secondary N) is 2. The summed E-state index contributed by atoms with van der Waals surface area (Å²) in [5, 5.41) is 8.63. The van der Waals surface area contributed by atoms with Crippen molar-refractivity contribution in [1.29, 1.82) is 0 Å². The smallest absolute Gasteiger partial charge is 0.287 e. The van der Waals surface area contributed by atoms with E-state index in [4.69, 9.17) is 5.73 Å². The number of thiazole rings is 1. The van der Waals surface area contributed by atoms with Crippen molar-refractivity contribution in [1.82, 2.24) is 25.2 Å². The van der Waals surface area contributed by atoms with Crippen molar-refractivity contribution in [2.24, 2.45) is 28.4 Å². The van der Waals surface area contributed by atoms with E-state index in [1.54, 1.807) is 23.5 Å². The van der Waals surface area contributed by atoms with Crippen molar-refractivity contribution < 1.29 is 19.2 Å². The summed E-state index contributed by atoms with van der Waals surface area (Å²) in [5.41, 5.74) is 5.83. The molecular formula is C31H45N7O4S. The molecule has 3 amide bonds. The van der Waals surface area contributed by atoms with Gasteiger partial charge in [-0.3, -0.25) is 29.1 Å². The van der Waals surface area contributed by atoms with Gasteiger partial charge in [-0.15, -0.1) is 11.3 Å². The van der Waals surface area contributed by atoms with Crippen LogP contribution in [-0.2, 0) is 19.2 Å². The predicted octanol–water partition coefficient (Wildman–Crippen LogP) is 3.81. The van der Waals surface area contributed by atoms with Gasteiger partial charge in [0.1, 0.15) is 23.5 Å². The number of hydrogen-bond donors (Lipinski definition) is 3. The first-order valence-corrected chi connectivity index (χ1v) is 16.1. The molecule has 0 spiro atoms. The van der Waals surface area contributed by atoms with E-state index in [0.717, 1.165) is 25.7 Å². The number of anilines is 1. The van der Waals surface area contributed by atoms with Gasteiger partial charge < -0.3 is 21.3 Å². The van der Waals surface area contributed by atoms with E-state index in [-0.39, 0.29) is 23.2 Å². The molecule has 0 bridgehead atoms. The summed E-state index contributed by atoms with van der Waals surface area (Å²) in [6, 6.07) is -2.48. The van der Waals surface area contributed by atoms with Gasteiger partial charge in [0.2, 0.25) is 17.6 Å². The minimum absolute atomic E-state index is 0.207. The summed E-state index contributed by atoms with van der Waals surface area (Å²) >= 11 is 1.37. The molecule has 234 valence electrons. The van der Waals surface area contributed by atoms with Crippen LogP contribution in [0.15, 0.2) is 24.0 Å². The zero-order chi connectivity index (χ0) is 31.5. The summed E-state index contributed by atoms with van der Waals surface area (Å²) in [6.07, 6.45) is 9.42. The highest BCUT2D eigenvalue weighted by Gasteiger charge is 2.52. The van der Waals surface area contributed by atoms with E-state index >= 15 is 0 Å². The van der Waals surface area contributed by atoms with Crippen LogP contribution in [0.4, 0.5) is 5.13 Å². The van der Waals surface area contributed by atoms with Gasteiger partial charge in [0, 0.05) is 24.3 Å². The molecule has 4 atom stereocenters. The Morgan fingerprint density at radius 3 is 2.42 bits per heavy atom. The molecule has 11 nitrogen and oxygen atoms in total. The molecule has 1 aliphatic carbocycles. The maximum absolute atomic E-state index is 14.5. The number of rotatable bonds is 12. The Morgan fingerprint density at radius 1 is 1.16 bits per heavy atom. The monoisotopic (exact) mass is 611 g/mol. The van der Waals surface area contributed by atoms with Crippen molar-refractivity contribution >= 4 is 40.0 Å². The maximum atomic E-state index is 14.5. The van der Waals surface area contributed by atoms with Gasteiger partial charge in [-0.25, -0.2) is 4.98 Å². The minimum Gasteiger partial charge on any atom is -0.363 e. The molecule has 2 aromatic heterocycles. The largest absolute Gasteiger partial charge is 0.363 e. The SMILES string of the molecule is CC[C@]1(C(C)C)C[C@@H](C(=O)NC(CC2CCC2)C(=O)C(N)=O)N(C(=O)[C@@H](Nc2nc(-c3cnccn3)cs2)C(C)(C)C)C1. The fourth-order valence-electron chi connectivity index (χ4n) is 6.12. The number of carbonyl (C=O) groups is 4. The Bertz CT molecular complexity index is 1320. The Kier molecular flexibility index (Phi) is 9.88. The molecule has 43 heavy (non-hydrogen) atoms. The molecule has 4 N–H and O–H groups in total. The van der Waals surface area contributed by atoms with E-state index in [1.165, 1.54) is 11.3 Å². The molecule has 2 aliphatic rings. The third kappa shape index (κ3) is 7.22. The van der Waals surface area contributed by atoms with Crippen molar-refractivity contribution in [3.05, 3.63) is 24.0 Å². The lowest BCUT2D eigenvalue weighted by atomic mass is 9.73. The lowest BCUT2D eigenvalue weighted by Crippen LogP contribution is -2.57. The number of hydrogen-bond acceptors (Lipinski definition) is 9. The average molecular weight is 612 g/mol. The highest BCUT2D eigenvalue weighted by atomic mass is 32.1. The van der Waals surface area contributed by atoms with Crippen molar-refractivity contribution in [2.75, 3.05) is 11.9 Å². The highest BCUT2D eigenvalue weighted by Crippen LogP contribution is 2.45. The van der Waals surface area contributed by atoms with E-state index in [9.17, 15) is 19.2 Å². The van der Waals surface area contributed by atoms with Gasteiger partial charge in [0.05, 0.1) is 12.2 Å². The Balaban J connectivity index is 1.62. The number of amides is 3. The fourth-order valence-corrected chi connectivity index (χ4v) is 6.85. The molecule has 4 rings (SSSR count). The van der Waals surface area contributed by atoms with Crippen LogP contribution in [0.25, 0.3) is 11.4 Å². The molecule has 1 aliphatic heterocycles. The molecule has 1 saturated carbocycles. The first kappa shape index (κ1) is 32.5. The van der Waals surface area contributed by atoms with Crippen LogP contribution in [-0.4, -0.2) is 68.0 Å². The van der Waals surface area contributed by atoms with E-state index in [2.05, 4.69) is 46.4 Å². The fraction of sp³-hybridized carbons (Fsp3) is 0.645. The first-order valence-electron chi connectivity index (χ1n) is 15.2. The third-order valence-electron chi connectivity index (χ3n) is 9.36.